The average molecular weight is 293 g/mol. The Balaban J connectivity index is 2.33. The van der Waals surface area contributed by atoms with Crippen LogP contribution in [0.15, 0.2) is 53.3 Å². The molecule has 4 nitrogen and oxygen atoms in total. The zero-order chi connectivity index (χ0) is 15.5. The molecule has 1 aromatic heterocycles. The number of aromatic nitrogens is 2. The molecule has 0 aliphatic heterocycles. The lowest BCUT2D eigenvalue weighted by Gasteiger charge is -2.13. The lowest BCUT2D eigenvalue weighted by atomic mass is 10.1. The highest BCUT2D eigenvalue weighted by atomic mass is 16.1. The van der Waals surface area contributed by atoms with Crippen molar-refractivity contribution in [1.82, 2.24) is 9.55 Å². The molecule has 0 bridgehead atoms. The maximum Gasteiger partial charge on any atom is 0.277 e. The summed E-state index contributed by atoms with van der Waals surface area (Å²) in [4.78, 5) is 17.5. The van der Waals surface area contributed by atoms with Crippen LogP contribution >= 0.6 is 0 Å². The molecule has 0 radical (unpaired) electrons. The first kappa shape index (κ1) is 14.3. The van der Waals surface area contributed by atoms with E-state index in [1.807, 2.05) is 62.4 Å². The lowest BCUT2D eigenvalue weighted by Crippen LogP contribution is -2.23. The molecule has 112 valence electrons. The highest BCUT2D eigenvalue weighted by Crippen LogP contribution is 2.25. The molecule has 1 N–H and O–H groups in total. The van der Waals surface area contributed by atoms with Crippen LogP contribution < -0.4 is 10.9 Å². The van der Waals surface area contributed by atoms with Gasteiger partial charge < -0.3 is 9.88 Å². The Kier molecular flexibility index (Phi) is 3.92. The van der Waals surface area contributed by atoms with Crippen molar-refractivity contribution >= 4 is 16.7 Å². The van der Waals surface area contributed by atoms with E-state index >= 15 is 0 Å². The van der Waals surface area contributed by atoms with Gasteiger partial charge in [-0.05, 0) is 32.0 Å². The van der Waals surface area contributed by atoms with E-state index in [4.69, 9.17) is 0 Å². The minimum Gasteiger partial charge on any atom is -0.385 e. The highest BCUT2D eigenvalue weighted by molar-refractivity contribution is 5.81. The SMILES string of the molecule is CCNc1ccccc1-c1nc2ccccc2n(CC)c1=O. The van der Waals surface area contributed by atoms with E-state index in [-0.39, 0.29) is 5.56 Å². The van der Waals surface area contributed by atoms with Gasteiger partial charge in [-0.25, -0.2) is 4.98 Å². The molecule has 0 aliphatic rings. The van der Waals surface area contributed by atoms with Crippen molar-refractivity contribution in [2.45, 2.75) is 20.4 Å². The van der Waals surface area contributed by atoms with Gasteiger partial charge in [0.25, 0.3) is 5.56 Å². The third-order valence-corrected chi connectivity index (χ3v) is 3.72. The summed E-state index contributed by atoms with van der Waals surface area (Å²) in [5.74, 6) is 0. The second-order valence-electron chi connectivity index (χ2n) is 5.07. The van der Waals surface area contributed by atoms with E-state index in [1.54, 1.807) is 4.57 Å². The fourth-order valence-corrected chi connectivity index (χ4v) is 2.72. The third-order valence-electron chi connectivity index (χ3n) is 3.72. The van der Waals surface area contributed by atoms with E-state index in [2.05, 4.69) is 10.3 Å². The number of nitrogens with zero attached hydrogens (tertiary/aromatic N) is 2. The molecule has 0 aliphatic carbocycles. The van der Waals surface area contributed by atoms with Crippen molar-refractivity contribution in [2.24, 2.45) is 0 Å². The molecule has 3 aromatic rings. The molecule has 0 spiro atoms. The van der Waals surface area contributed by atoms with E-state index in [0.717, 1.165) is 28.8 Å². The van der Waals surface area contributed by atoms with Gasteiger partial charge in [0.1, 0.15) is 5.69 Å². The monoisotopic (exact) mass is 293 g/mol. The van der Waals surface area contributed by atoms with Crippen LogP contribution in [0.4, 0.5) is 5.69 Å². The van der Waals surface area contributed by atoms with Gasteiger partial charge in [-0.15, -0.1) is 0 Å². The summed E-state index contributed by atoms with van der Waals surface area (Å²) < 4.78 is 1.78. The molecule has 0 atom stereocenters. The van der Waals surface area contributed by atoms with Gasteiger partial charge in [0.2, 0.25) is 0 Å². The van der Waals surface area contributed by atoms with Gasteiger partial charge in [0.05, 0.1) is 11.0 Å². The number of hydrogen-bond acceptors (Lipinski definition) is 3. The van der Waals surface area contributed by atoms with E-state index in [9.17, 15) is 4.79 Å². The third kappa shape index (κ3) is 2.37. The molecule has 3 rings (SSSR count). The van der Waals surface area contributed by atoms with Crippen molar-refractivity contribution in [3.05, 3.63) is 58.9 Å². The summed E-state index contributed by atoms with van der Waals surface area (Å²) in [5, 5.41) is 3.30. The van der Waals surface area contributed by atoms with E-state index in [0.29, 0.717) is 12.2 Å². The van der Waals surface area contributed by atoms with Crippen LogP contribution in [0.5, 0.6) is 0 Å². The lowest BCUT2D eigenvalue weighted by molar-refractivity contribution is 0.756. The molecule has 0 fully saturated rings. The van der Waals surface area contributed by atoms with Crippen LogP contribution in [-0.2, 0) is 6.54 Å². The Morgan fingerprint density at radius 1 is 1.05 bits per heavy atom. The zero-order valence-corrected chi connectivity index (χ0v) is 12.8. The number of benzene rings is 2. The molecule has 4 heteroatoms. The molecule has 0 saturated carbocycles. The summed E-state index contributed by atoms with van der Waals surface area (Å²) in [6.07, 6.45) is 0. The first-order chi connectivity index (χ1) is 10.8. The standard InChI is InChI=1S/C18H19N3O/c1-3-19-14-10-6-5-9-13(14)17-18(22)21(4-2)16-12-8-7-11-15(16)20-17/h5-12,19H,3-4H2,1-2H3. The van der Waals surface area contributed by atoms with Crippen LogP contribution in [0.1, 0.15) is 13.8 Å². The van der Waals surface area contributed by atoms with Crippen LogP contribution in [0.25, 0.3) is 22.3 Å². The van der Waals surface area contributed by atoms with Crippen molar-refractivity contribution < 1.29 is 0 Å². The Bertz CT molecular complexity index is 868. The Labute approximate surface area is 129 Å². The van der Waals surface area contributed by atoms with Crippen LogP contribution in [0, 0.1) is 0 Å². The summed E-state index contributed by atoms with van der Waals surface area (Å²) in [5.41, 5.74) is 3.95. The van der Waals surface area contributed by atoms with Crippen molar-refractivity contribution in [3.63, 3.8) is 0 Å². The molecule has 22 heavy (non-hydrogen) atoms. The zero-order valence-electron chi connectivity index (χ0n) is 12.8. The minimum absolute atomic E-state index is 0.0495. The van der Waals surface area contributed by atoms with Gasteiger partial charge in [-0.3, -0.25) is 4.79 Å². The summed E-state index contributed by atoms with van der Waals surface area (Å²) in [6, 6.07) is 15.6. The second kappa shape index (κ2) is 6.02. The van der Waals surface area contributed by atoms with Crippen molar-refractivity contribution in [2.75, 3.05) is 11.9 Å². The quantitative estimate of drug-likeness (QED) is 0.800. The number of fused-ring (bicyclic) bond motifs is 1. The molecular formula is C18H19N3O. The molecular weight excluding hydrogens is 274 g/mol. The number of hydrogen-bond donors (Lipinski definition) is 1. The Hall–Kier alpha value is -2.62. The van der Waals surface area contributed by atoms with Gasteiger partial charge in [0, 0.05) is 24.3 Å². The van der Waals surface area contributed by atoms with Gasteiger partial charge in [0.15, 0.2) is 0 Å². The first-order valence-corrected chi connectivity index (χ1v) is 7.59. The smallest absolute Gasteiger partial charge is 0.277 e. The average Bonchev–Trinajstić information content (AvgIpc) is 2.55. The van der Waals surface area contributed by atoms with Crippen LogP contribution in [0.3, 0.4) is 0 Å². The molecule has 0 unspecified atom stereocenters. The maximum absolute atomic E-state index is 12.8. The van der Waals surface area contributed by atoms with E-state index in [1.165, 1.54) is 0 Å². The number of nitrogens with one attached hydrogen (secondary N) is 1. The summed E-state index contributed by atoms with van der Waals surface area (Å²) >= 11 is 0. The van der Waals surface area contributed by atoms with Crippen LogP contribution in [-0.4, -0.2) is 16.1 Å². The maximum atomic E-state index is 12.8. The first-order valence-electron chi connectivity index (χ1n) is 7.59. The van der Waals surface area contributed by atoms with Gasteiger partial charge in [-0.1, -0.05) is 30.3 Å². The number of para-hydroxylation sites is 3. The number of anilines is 1. The van der Waals surface area contributed by atoms with Crippen molar-refractivity contribution in [1.29, 1.82) is 0 Å². The predicted octanol–water partition coefficient (Wildman–Crippen LogP) is 3.52. The summed E-state index contributed by atoms with van der Waals surface area (Å²) in [6.45, 7) is 5.44. The van der Waals surface area contributed by atoms with Crippen molar-refractivity contribution in [3.8, 4) is 11.3 Å². The Morgan fingerprint density at radius 2 is 1.77 bits per heavy atom. The van der Waals surface area contributed by atoms with Gasteiger partial charge >= 0.3 is 0 Å². The molecule has 1 heterocycles. The topological polar surface area (TPSA) is 46.9 Å². The highest BCUT2D eigenvalue weighted by Gasteiger charge is 2.14. The molecule has 0 amide bonds. The fourth-order valence-electron chi connectivity index (χ4n) is 2.72. The van der Waals surface area contributed by atoms with Crippen LogP contribution in [0.2, 0.25) is 0 Å². The number of rotatable bonds is 4. The van der Waals surface area contributed by atoms with Gasteiger partial charge in [-0.2, -0.15) is 0 Å². The summed E-state index contributed by atoms with van der Waals surface area (Å²) in [7, 11) is 0. The normalized spacial score (nSPS) is 10.8. The molecule has 2 aromatic carbocycles. The Morgan fingerprint density at radius 3 is 2.55 bits per heavy atom. The van der Waals surface area contributed by atoms with E-state index < -0.39 is 0 Å². The fraction of sp³-hybridized carbons (Fsp3) is 0.222. The molecule has 0 saturated heterocycles. The second-order valence-corrected chi connectivity index (χ2v) is 5.07. The largest absolute Gasteiger partial charge is 0.385 e. The predicted molar refractivity (Wildman–Crippen MR) is 91.3 cm³/mol. The minimum atomic E-state index is -0.0495. The number of aryl methyl sites for hydroxylation is 1.